The van der Waals surface area contributed by atoms with Crippen LogP contribution in [-0.4, -0.2) is 21.2 Å². The molecule has 0 spiro atoms. The van der Waals surface area contributed by atoms with Crippen LogP contribution in [0.25, 0.3) is 0 Å². The Morgan fingerprint density at radius 3 is 2.64 bits per heavy atom. The fourth-order valence-electron chi connectivity index (χ4n) is 1.16. The minimum atomic E-state index is -4.64. The summed E-state index contributed by atoms with van der Waals surface area (Å²) in [6, 6.07) is 2.17. The van der Waals surface area contributed by atoms with E-state index in [9.17, 15) is 0 Å². The number of hydrogen-bond donors (Lipinski definition) is 4. The smallest absolute Gasteiger partial charge is 0.384 e. The predicted molar refractivity (Wildman–Crippen MR) is 55.4 cm³/mol. The maximum Gasteiger partial charge on any atom is 0.466 e. The van der Waals surface area contributed by atoms with Crippen molar-refractivity contribution in [3.8, 4) is 0 Å². The van der Waals surface area contributed by atoms with Gasteiger partial charge in [-0.15, -0.1) is 11.3 Å². The highest BCUT2D eigenvalue weighted by Crippen LogP contribution is 2.26. The third-order valence-electron chi connectivity index (χ3n) is 1.64. The Morgan fingerprint density at radius 1 is 1.43 bits per heavy atom. The Balaban J connectivity index is 0.000000171. The first-order chi connectivity index (χ1) is 6.47. The van der Waals surface area contributed by atoms with E-state index in [0.29, 0.717) is 0 Å². The molecule has 14 heavy (non-hydrogen) atoms. The van der Waals surface area contributed by atoms with Gasteiger partial charge in [0.25, 0.3) is 0 Å². The lowest BCUT2D eigenvalue weighted by atomic mass is 10.2. The first kappa shape index (κ1) is 11.7. The molecule has 0 fully saturated rings. The summed E-state index contributed by atoms with van der Waals surface area (Å²) in [5.74, 6) is 0. The van der Waals surface area contributed by atoms with Crippen LogP contribution < -0.4 is 5.32 Å². The third kappa shape index (κ3) is 4.74. The van der Waals surface area contributed by atoms with E-state index >= 15 is 0 Å². The number of phosphoric acid groups is 1. The second-order valence-corrected chi connectivity index (χ2v) is 4.83. The molecule has 7 heteroatoms. The number of hydrogen-bond acceptors (Lipinski definition) is 3. The molecular weight excluding hydrogens is 225 g/mol. The van der Waals surface area contributed by atoms with E-state index in [0.717, 1.165) is 6.54 Å². The first-order valence-electron chi connectivity index (χ1n) is 4.05. The molecule has 0 aromatic carbocycles. The molecule has 1 aromatic heterocycles. The number of nitrogens with one attached hydrogen (secondary N) is 1. The van der Waals surface area contributed by atoms with Crippen LogP contribution in [0.5, 0.6) is 0 Å². The third-order valence-corrected chi connectivity index (χ3v) is 2.62. The van der Waals surface area contributed by atoms with E-state index in [2.05, 4.69) is 16.8 Å². The van der Waals surface area contributed by atoms with Crippen LogP contribution in [0.1, 0.15) is 11.3 Å². The summed E-state index contributed by atoms with van der Waals surface area (Å²) < 4.78 is 8.88. The summed E-state index contributed by atoms with van der Waals surface area (Å²) in [4.78, 5) is 23.1. The zero-order chi connectivity index (χ0) is 10.6. The van der Waals surface area contributed by atoms with Crippen LogP contribution in [-0.2, 0) is 11.0 Å². The Morgan fingerprint density at radius 2 is 2.07 bits per heavy atom. The molecule has 0 saturated heterocycles. The largest absolute Gasteiger partial charge is 0.466 e. The van der Waals surface area contributed by atoms with E-state index in [1.807, 2.05) is 11.3 Å². The van der Waals surface area contributed by atoms with Crippen LogP contribution in [0.4, 0.5) is 5.69 Å². The monoisotopic (exact) mass is 237 g/mol. The molecule has 0 atom stereocenters. The highest BCUT2D eigenvalue weighted by Gasteiger charge is 2.07. The highest BCUT2D eigenvalue weighted by molar-refractivity contribution is 7.45. The van der Waals surface area contributed by atoms with E-state index in [-0.39, 0.29) is 0 Å². The van der Waals surface area contributed by atoms with Gasteiger partial charge in [0.1, 0.15) is 0 Å². The molecule has 0 aliphatic carbocycles. The van der Waals surface area contributed by atoms with E-state index in [1.165, 1.54) is 23.4 Å². The molecule has 1 aromatic rings. The standard InChI is InChI=1S/C7H9NS.H3O4P/c1-2-7-6(8-4-1)3-5-9-7;1-5(2,3)4/h3,5,8H,1-2,4H2;(H3,1,2,3,4). The van der Waals surface area contributed by atoms with Gasteiger partial charge in [-0.1, -0.05) is 0 Å². The van der Waals surface area contributed by atoms with Crippen LogP contribution in [0, 0.1) is 0 Å². The maximum atomic E-state index is 8.88. The Labute approximate surface area is 85.6 Å². The molecule has 1 aliphatic heterocycles. The SMILES string of the molecule is O=P(O)(O)O.c1cc2c(s1)CCCN2. The van der Waals surface area contributed by atoms with Crippen molar-refractivity contribution >= 4 is 24.8 Å². The minimum absolute atomic E-state index is 1.16. The Bertz CT molecular complexity index is 305. The van der Waals surface area contributed by atoms with Crippen LogP contribution in [0.3, 0.4) is 0 Å². The minimum Gasteiger partial charge on any atom is -0.384 e. The molecule has 4 N–H and O–H groups in total. The van der Waals surface area contributed by atoms with Gasteiger partial charge in [0.05, 0.1) is 0 Å². The van der Waals surface area contributed by atoms with E-state index in [4.69, 9.17) is 19.2 Å². The lowest BCUT2D eigenvalue weighted by Crippen LogP contribution is -2.08. The summed E-state index contributed by atoms with van der Waals surface area (Å²) in [7, 11) is -4.64. The van der Waals surface area contributed by atoms with Crippen LogP contribution in [0.2, 0.25) is 0 Å². The molecule has 0 amide bonds. The Hall–Kier alpha value is -0.390. The van der Waals surface area contributed by atoms with Gasteiger partial charge in [-0.3, -0.25) is 0 Å². The number of rotatable bonds is 0. The lowest BCUT2D eigenvalue weighted by molar-refractivity contribution is 0.275. The molecule has 0 bridgehead atoms. The summed E-state index contributed by atoms with van der Waals surface area (Å²) in [5, 5.41) is 5.51. The van der Waals surface area contributed by atoms with Gasteiger partial charge in [0.2, 0.25) is 0 Å². The maximum absolute atomic E-state index is 8.88. The summed E-state index contributed by atoms with van der Waals surface area (Å²) in [5.41, 5.74) is 1.37. The van der Waals surface area contributed by atoms with Crippen molar-refractivity contribution in [1.29, 1.82) is 0 Å². The number of thiophene rings is 1. The average molecular weight is 237 g/mol. The van der Waals surface area contributed by atoms with E-state index < -0.39 is 7.82 Å². The molecular formula is C7H12NO4PS. The van der Waals surface area contributed by atoms with Crippen molar-refractivity contribution in [2.45, 2.75) is 12.8 Å². The zero-order valence-electron chi connectivity index (χ0n) is 7.38. The van der Waals surface area contributed by atoms with Gasteiger partial charge in [-0.05, 0) is 24.3 Å². The number of anilines is 1. The van der Waals surface area contributed by atoms with Crippen molar-refractivity contribution in [3.05, 3.63) is 16.3 Å². The summed E-state index contributed by atoms with van der Waals surface area (Å²) in [6.45, 7) is 1.16. The summed E-state index contributed by atoms with van der Waals surface area (Å²) >= 11 is 1.86. The van der Waals surface area contributed by atoms with Gasteiger partial charge in [-0.2, -0.15) is 0 Å². The summed E-state index contributed by atoms with van der Waals surface area (Å²) in [6.07, 6.45) is 2.58. The normalized spacial score (nSPS) is 14.8. The van der Waals surface area contributed by atoms with Gasteiger partial charge < -0.3 is 20.0 Å². The molecule has 0 radical (unpaired) electrons. The average Bonchev–Trinajstić information content (AvgIpc) is 2.47. The molecule has 2 rings (SSSR count). The second kappa shape index (κ2) is 4.91. The van der Waals surface area contributed by atoms with Gasteiger partial charge in [-0.25, -0.2) is 4.57 Å². The second-order valence-electron chi connectivity index (χ2n) is 2.80. The molecule has 80 valence electrons. The fraction of sp³-hybridized carbons (Fsp3) is 0.429. The quantitative estimate of drug-likeness (QED) is 0.509. The van der Waals surface area contributed by atoms with Crippen LogP contribution in [0.15, 0.2) is 11.4 Å². The van der Waals surface area contributed by atoms with Crippen molar-refractivity contribution in [2.75, 3.05) is 11.9 Å². The van der Waals surface area contributed by atoms with Crippen molar-refractivity contribution < 1.29 is 19.2 Å². The van der Waals surface area contributed by atoms with Crippen LogP contribution >= 0.6 is 19.2 Å². The molecule has 5 nitrogen and oxygen atoms in total. The molecule has 0 saturated carbocycles. The lowest BCUT2D eigenvalue weighted by Gasteiger charge is -2.12. The number of aryl methyl sites for hydroxylation is 1. The van der Waals surface area contributed by atoms with Gasteiger partial charge in [0, 0.05) is 17.1 Å². The highest BCUT2D eigenvalue weighted by atomic mass is 32.1. The predicted octanol–water partition coefficient (Wildman–Crippen LogP) is 1.18. The van der Waals surface area contributed by atoms with Crippen molar-refractivity contribution in [2.24, 2.45) is 0 Å². The van der Waals surface area contributed by atoms with Crippen molar-refractivity contribution in [3.63, 3.8) is 0 Å². The Kier molecular flexibility index (Phi) is 4.10. The van der Waals surface area contributed by atoms with Crippen molar-refractivity contribution in [1.82, 2.24) is 0 Å². The molecule has 2 heterocycles. The zero-order valence-corrected chi connectivity index (χ0v) is 9.09. The first-order valence-corrected chi connectivity index (χ1v) is 6.50. The fourth-order valence-corrected chi connectivity index (χ4v) is 2.06. The topological polar surface area (TPSA) is 89.8 Å². The van der Waals surface area contributed by atoms with Gasteiger partial charge >= 0.3 is 7.82 Å². The number of fused-ring (bicyclic) bond motifs is 1. The molecule has 0 unspecified atom stereocenters. The molecule has 1 aliphatic rings. The van der Waals surface area contributed by atoms with Gasteiger partial charge in [0.15, 0.2) is 0 Å². The van der Waals surface area contributed by atoms with E-state index in [1.54, 1.807) is 0 Å².